The number of nitrogens with one attached hydrogen (secondary N) is 2. The quantitative estimate of drug-likeness (QED) is 0.398. The Hall–Kier alpha value is -3.47. The zero-order valence-corrected chi connectivity index (χ0v) is 22.3. The lowest BCUT2D eigenvalue weighted by molar-refractivity contribution is -0.170. The number of nitrogens with zero attached hydrogens (tertiary/aromatic N) is 4. The van der Waals surface area contributed by atoms with Gasteiger partial charge in [0.1, 0.15) is 23.1 Å². The van der Waals surface area contributed by atoms with Crippen LogP contribution in [0.2, 0.25) is 0 Å². The number of hydrogen-bond donors (Lipinski definition) is 3. The monoisotopic (exact) mass is 530 g/mol. The van der Waals surface area contributed by atoms with Crippen molar-refractivity contribution in [2.45, 2.75) is 77.6 Å². The van der Waals surface area contributed by atoms with Gasteiger partial charge >= 0.3 is 5.92 Å². The first kappa shape index (κ1) is 27.6. The van der Waals surface area contributed by atoms with E-state index in [1.807, 2.05) is 17.9 Å². The minimum atomic E-state index is -3.80. The molecule has 38 heavy (non-hydrogen) atoms. The van der Waals surface area contributed by atoms with Gasteiger partial charge in [-0.15, -0.1) is 0 Å². The van der Waals surface area contributed by atoms with Crippen LogP contribution < -0.4 is 10.6 Å². The first-order valence-electron chi connectivity index (χ1n) is 12.5. The number of amides is 1. The zero-order chi connectivity index (χ0) is 28.0. The summed E-state index contributed by atoms with van der Waals surface area (Å²) < 4.78 is 44.9. The van der Waals surface area contributed by atoms with Crippen molar-refractivity contribution >= 4 is 28.4 Å². The van der Waals surface area contributed by atoms with Crippen molar-refractivity contribution in [1.29, 1.82) is 0 Å². The van der Waals surface area contributed by atoms with Crippen LogP contribution in [0.5, 0.6) is 0 Å². The number of halogens is 3. The molecule has 3 aromatic rings. The van der Waals surface area contributed by atoms with Crippen molar-refractivity contribution in [3.8, 4) is 0 Å². The number of anilines is 2. The maximum atomic E-state index is 15.3. The lowest BCUT2D eigenvalue weighted by Crippen LogP contribution is -2.41. The number of aryl methyl sites for hydroxylation is 1. The van der Waals surface area contributed by atoms with Gasteiger partial charge in [0.25, 0.3) is 0 Å². The summed E-state index contributed by atoms with van der Waals surface area (Å²) in [6.45, 7) is 9.36. The highest BCUT2D eigenvalue weighted by Gasteiger charge is 2.49. The second-order valence-corrected chi connectivity index (χ2v) is 10.5. The van der Waals surface area contributed by atoms with Gasteiger partial charge in [-0.25, -0.2) is 19.3 Å². The van der Waals surface area contributed by atoms with Crippen LogP contribution in [0.3, 0.4) is 0 Å². The van der Waals surface area contributed by atoms with Crippen molar-refractivity contribution < 1.29 is 23.1 Å². The number of pyridine rings is 1. The van der Waals surface area contributed by atoms with E-state index in [1.54, 1.807) is 27.0 Å². The molecule has 204 valence electrons. The van der Waals surface area contributed by atoms with Gasteiger partial charge < -0.3 is 20.6 Å². The van der Waals surface area contributed by atoms with E-state index < -0.39 is 28.9 Å². The van der Waals surface area contributed by atoms with E-state index >= 15 is 4.39 Å². The van der Waals surface area contributed by atoms with Crippen LogP contribution >= 0.6 is 0 Å². The van der Waals surface area contributed by atoms with E-state index in [-0.39, 0.29) is 23.6 Å². The van der Waals surface area contributed by atoms with Crippen LogP contribution in [0.1, 0.15) is 64.0 Å². The highest BCUT2D eigenvalue weighted by molar-refractivity contribution is 5.89. The molecule has 0 radical (unpaired) electrons. The molecule has 1 aliphatic rings. The van der Waals surface area contributed by atoms with Crippen LogP contribution in [-0.4, -0.2) is 55.1 Å². The van der Waals surface area contributed by atoms with Gasteiger partial charge in [0.15, 0.2) is 5.65 Å². The SMILES string of the molecule is CC(=O)N1C[C@@H](Nc2cnc3nc(C)nc(N[C@H](C)c4cccc(C(F)(F)C(C)(C)O)c4F)c3c2)C[C@H]1C. The summed E-state index contributed by atoms with van der Waals surface area (Å²) >= 11 is 0. The molecule has 8 nitrogen and oxygen atoms in total. The van der Waals surface area contributed by atoms with E-state index in [0.29, 0.717) is 34.9 Å². The fourth-order valence-corrected chi connectivity index (χ4v) is 4.86. The molecule has 1 saturated heterocycles. The predicted molar refractivity (Wildman–Crippen MR) is 140 cm³/mol. The van der Waals surface area contributed by atoms with Crippen LogP contribution in [0.4, 0.5) is 24.7 Å². The second kappa shape index (κ2) is 10.0. The van der Waals surface area contributed by atoms with Gasteiger partial charge in [0.2, 0.25) is 5.91 Å². The summed E-state index contributed by atoms with van der Waals surface area (Å²) in [5.41, 5.74) is -2.19. The Labute approximate surface area is 219 Å². The van der Waals surface area contributed by atoms with Gasteiger partial charge in [-0.2, -0.15) is 8.78 Å². The minimum absolute atomic E-state index is 0.00217. The lowest BCUT2D eigenvalue weighted by Gasteiger charge is -2.30. The smallest absolute Gasteiger partial charge is 0.303 e. The molecular formula is C27H33F3N6O2. The molecule has 0 bridgehead atoms. The molecule has 3 atom stereocenters. The van der Waals surface area contributed by atoms with Crippen molar-refractivity contribution in [3.63, 3.8) is 0 Å². The van der Waals surface area contributed by atoms with Crippen molar-refractivity contribution in [1.82, 2.24) is 19.9 Å². The third kappa shape index (κ3) is 5.24. The van der Waals surface area contributed by atoms with Gasteiger partial charge in [0.05, 0.1) is 28.9 Å². The Morgan fingerprint density at radius 2 is 1.97 bits per heavy atom. The number of rotatable bonds is 7. The van der Waals surface area contributed by atoms with E-state index in [4.69, 9.17) is 0 Å². The Balaban J connectivity index is 1.64. The fraction of sp³-hybridized carbons (Fsp3) is 0.481. The fourth-order valence-electron chi connectivity index (χ4n) is 4.86. The molecular weight excluding hydrogens is 497 g/mol. The lowest BCUT2D eigenvalue weighted by atomic mass is 9.91. The van der Waals surface area contributed by atoms with E-state index in [2.05, 4.69) is 25.6 Å². The Morgan fingerprint density at radius 3 is 2.61 bits per heavy atom. The van der Waals surface area contributed by atoms with E-state index in [0.717, 1.165) is 26.3 Å². The number of carbonyl (C=O) groups is 1. The first-order chi connectivity index (χ1) is 17.7. The predicted octanol–water partition coefficient (Wildman–Crippen LogP) is 4.93. The standard InChI is InChI=1S/C27H33F3N6O2/c1-14-10-19(13-36(14)17(4)37)35-18-11-21-24(31-12-18)33-16(3)34-25(21)32-15(2)20-8-7-9-22(23(20)28)27(29,30)26(5,6)38/h7-9,11-12,14-15,19,35,38H,10,13H2,1-6H3,(H,31,32,33,34)/t14-,15-,19+/m1/s1. The molecule has 2 aromatic heterocycles. The van der Waals surface area contributed by atoms with Crippen LogP contribution in [0.25, 0.3) is 11.0 Å². The van der Waals surface area contributed by atoms with E-state index in [1.165, 1.54) is 12.1 Å². The molecule has 1 amide bonds. The third-order valence-electron chi connectivity index (χ3n) is 6.97. The van der Waals surface area contributed by atoms with Crippen molar-refractivity contribution in [2.75, 3.05) is 17.2 Å². The number of alkyl halides is 2. The number of hydrogen-bond acceptors (Lipinski definition) is 7. The average Bonchev–Trinajstić information content (AvgIpc) is 3.18. The zero-order valence-electron chi connectivity index (χ0n) is 22.3. The second-order valence-electron chi connectivity index (χ2n) is 10.5. The Kier molecular flexibility index (Phi) is 7.26. The average molecular weight is 531 g/mol. The minimum Gasteiger partial charge on any atom is -0.384 e. The van der Waals surface area contributed by atoms with Gasteiger partial charge in [-0.3, -0.25) is 4.79 Å². The number of aromatic nitrogens is 3. The summed E-state index contributed by atoms with van der Waals surface area (Å²) in [5.74, 6) is -4.06. The summed E-state index contributed by atoms with van der Waals surface area (Å²) in [6, 6.07) is 4.98. The number of likely N-dealkylation sites (tertiary alicyclic amines) is 1. The van der Waals surface area contributed by atoms with Crippen LogP contribution in [0.15, 0.2) is 30.5 Å². The molecule has 0 spiro atoms. The third-order valence-corrected chi connectivity index (χ3v) is 6.97. The van der Waals surface area contributed by atoms with Gasteiger partial charge in [0, 0.05) is 31.1 Å². The highest BCUT2D eigenvalue weighted by Crippen LogP contribution is 2.41. The maximum absolute atomic E-state index is 15.3. The maximum Gasteiger partial charge on any atom is 0.303 e. The number of carbonyl (C=O) groups excluding carboxylic acids is 1. The summed E-state index contributed by atoms with van der Waals surface area (Å²) in [6.07, 6.45) is 2.44. The summed E-state index contributed by atoms with van der Waals surface area (Å²) in [7, 11) is 0. The molecule has 1 fully saturated rings. The highest BCUT2D eigenvalue weighted by atomic mass is 19.3. The molecule has 1 aliphatic heterocycles. The molecule has 0 unspecified atom stereocenters. The first-order valence-corrected chi connectivity index (χ1v) is 12.5. The molecule has 0 aliphatic carbocycles. The van der Waals surface area contributed by atoms with Gasteiger partial charge in [-0.1, -0.05) is 12.1 Å². The van der Waals surface area contributed by atoms with Crippen molar-refractivity contribution in [3.05, 3.63) is 53.2 Å². The van der Waals surface area contributed by atoms with Crippen LogP contribution in [0, 0.1) is 12.7 Å². The van der Waals surface area contributed by atoms with Crippen molar-refractivity contribution in [2.24, 2.45) is 0 Å². The largest absolute Gasteiger partial charge is 0.384 e. The van der Waals surface area contributed by atoms with Crippen LogP contribution in [-0.2, 0) is 10.7 Å². The number of benzene rings is 1. The molecule has 0 saturated carbocycles. The molecule has 11 heteroatoms. The number of aliphatic hydroxyl groups is 1. The van der Waals surface area contributed by atoms with E-state index in [9.17, 15) is 18.7 Å². The summed E-state index contributed by atoms with van der Waals surface area (Å²) in [4.78, 5) is 27.0. The number of fused-ring (bicyclic) bond motifs is 1. The molecule has 3 N–H and O–H groups in total. The molecule has 4 rings (SSSR count). The summed E-state index contributed by atoms with van der Waals surface area (Å²) in [5, 5.41) is 17.1. The Bertz CT molecular complexity index is 1360. The normalized spacial score (nSPS) is 19.1. The molecule has 1 aromatic carbocycles. The molecule has 3 heterocycles. The topological polar surface area (TPSA) is 103 Å². The van der Waals surface area contributed by atoms with Gasteiger partial charge in [-0.05, 0) is 53.2 Å². The Morgan fingerprint density at radius 1 is 1.26 bits per heavy atom.